The average molecular weight is 452 g/mol. The molecule has 2 fully saturated rings. The topological polar surface area (TPSA) is 82.2 Å². The van der Waals surface area contributed by atoms with Gasteiger partial charge in [0, 0.05) is 38.3 Å². The summed E-state index contributed by atoms with van der Waals surface area (Å²) in [4.78, 5) is 42.2. The number of amides is 2. The summed E-state index contributed by atoms with van der Waals surface area (Å²) in [7, 11) is 0. The number of H-pyrrole nitrogens is 1. The van der Waals surface area contributed by atoms with Crippen molar-refractivity contribution in [1.29, 1.82) is 0 Å². The third kappa shape index (κ3) is 4.09. The fourth-order valence-corrected chi connectivity index (χ4v) is 5.09. The van der Waals surface area contributed by atoms with Gasteiger partial charge in [0.1, 0.15) is 5.82 Å². The van der Waals surface area contributed by atoms with E-state index < -0.39 is 0 Å². The number of halogens is 1. The second-order valence-electron chi connectivity index (χ2n) is 8.68. The van der Waals surface area contributed by atoms with Gasteiger partial charge in [-0.25, -0.2) is 4.98 Å². The maximum atomic E-state index is 13.2. The normalized spacial score (nSPS) is 20.0. The van der Waals surface area contributed by atoms with Crippen LogP contribution in [0, 0.1) is 5.92 Å². The molecule has 0 saturated carbocycles. The van der Waals surface area contributed by atoms with Gasteiger partial charge in [0.05, 0.1) is 33.7 Å². The van der Waals surface area contributed by atoms with Crippen LogP contribution in [0.1, 0.15) is 47.8 Å². The number of fused-ring (bicyclic) bond motifs is 1. The molecular weight excluding hydrogens is 426 g/mol. The van der Waals surface area contributed by atoms with Crippen LogP contribution in [0.25, 0.3) is 11.0 Å². The van der Waals surface area contributed by atoms with E-state index in [2.05, 4.69) is 9.97 Å². The number of nitrogens with one attached hydrogen (secondary N) is 1. The predicted octanol–water partition coefficient (Wildman–Crippen LogP) is 3.87. The summed E-state index contributed by atoms with van der Waals surface area (Å²) < 4.78 is 0. The van der Waals surface area contributed by atoms with Crippen LogP contribution in [-0.4, -0.2) is 62.7 Å². The highest BCUT2D eigenvalue weighted by Gasteiger charge is 2.34. The number of carbonyl (C=O) groups is 2. The Kier molecular flexibility index (Phi) is 5.83. The van der Waals surface area contributed by atoms with Crippen LogP contribution < -0.4 is 0 Å². The number of pyridine rings is 1. The molecule has 3 aromatic rings. The molecule has 0 radical (unpaired) electrons. The van der Waals surface area contributed by atoms with Gasteiger partial charge in [-0.2, -0.15) is 0 Å². The molecule has 4 heterocycles. The number of hydrogen-bond acceptors (Lipinski definition) is 4. The second-order valence-corrected chi connectivity index (χ2v) is 9.09. The minimum atomic E-state index is -0.149. The van der Waals surface area contributed by atoms with Gasteiger partial charge in [0.25, 0.3) is 5.91 Å². The first-order chi connectivity index (χ1) is 15.6. The van der Waals surface area contributed by atoms with Gasteiger partial charge in [-0.15, -0.1) is 0 Å². The van der Waals surface area contributed by atoms with Gasteiger partial charge in [-0.05, 0) is 43.9 Å². The predicted molar refractivity (Wildman–Crippen MR) is 123 cm³/mol. The van der Waals surface area contributed by atoms with Gasteiger partial charge < -0.3 is 14.8 Å². The highest BCUT2D eigenvalue weighted by molar-refractivity contribution is 6.33. The lowest BCUT2D eigenvalue weighted by molar-refractivity contribution is -0.138. The van der Waals surface area contributed by atoms with Gasteiger partial charge in [0.15, 0.2) is 0 Å². The summed E-state index contributed by atoms with van der Waals surface area (Å²) in [5, 5.41) is 0.453. The van der Waals surface area contributed by atoms with Crippen molar-refractivity contribution in [3.05, 3.63) is 59.1 Å². The van der Waals surface area contributed by atoms with Crippen LogP contribution >= 0.6 is 11.6 Å². The van der Waals surface area contributed by atoms with Crippen molar-refractivity contribution in [2.45, 2.75) is 31.6 Å². The molecule has 1 aromatic carbocycles. The maximum absolute atomic E-state index is 13.2. The number of rotatable bonds is 3. The fourth-order valence-electron chi connectivity index (χ4n) is 4.87. The first kappa shape index (κ1) is 20.9. The summed E-state index contributed by atoms with van der Waals surface area (Å²) in [6.07, 6.45) is 6.96. The lowest BCUT2D eigenvalue weighted by Crippen LogP contribution is -2.48. The van der Waals surface area contributed by atoms with E-state index in [9.17, 15) is 9.59 Å². The summed E-state index contributed by atoms with van der Waals surface area (Å²) in [6, 6.07) is 9.01. The smallest absolute Gasteiger partial charge is 0.255 e. The number of aromatic amines is 1. The Morgan fingerprint density at radius 2 is 1.84 bits per heavy atom. The van der Waals surface area contributed by atoms with E-state index in [0.29, 0.717) is 42.7 Å². The number of benzene rings is 1. The summed E-state index contributed by atoms with van der Waals surface area (Å²) in [5.41, 5.74) is 2.38. The Morgan fingerprint density at radius 1 is 1.03 bits per heavy atom. The number of imidazole rings is 1. The van der Waals surface area contributed by atoms with E-state index in [1.807, 2.05) is 23.1 Å². The SMILES string of the molecule is O=C(c1ccccc1Cl)N1CCCC(C(=O)N2CCC(c3nc4ccncc4[nH]3)CC2)C1. The number of likely N-dealkylation sites (tertiary alicyclic amines) is 2. The van der Waals surface area contributed by atoms with Crippen molar-refractivity contribution >= 4 is 34.4 Å². The summed E-state index contributed by atoms with van der Waals surface area (Å²) in [6.45, 7) is 2.55. The summed E-state index contributed by atoms with van der Waals surface area (Å²) in [5.74, 6) is 1.22. The lowest BCUT2D eigenvalue weighted by Gasteiger charge is -2.37. The molecule has 1 N–H and O–H groups in total. The molecule has 2 aliphatic heterocycles. The third-order valence-electron chi connectivity index (χ3n) is 6.66. The van der Waals surface area contributed by atoms with Crippen molar-refractivity contribution in [2.24, 2.45) is 5.92 Å². The van der Waals surface area contributed by atoms with Crippen molar-refractivity contribution < 1.29 is 9.59 Å². The van der Waals surface area contributed by atoms with Gasteiger partial charge >= 0.3 is 0 Å². The van der Waals surface area contributed by atoms with E-state index in [0.717, 1.165) is 42.5 Å². The first-order valence-corrected chi connectivity index (χ1v) is 11.6. The molecule has 5 rings (SSSR count). The molecule has 2 saturated heterocycles. The Labute approximate surface area is 191 Å². The van der Waals surface area contributed by atoms with Gasteiger partial charge in [0.2, 0.25) is 5.91 Å². The minimum absolute atomic E-state index is 0.0915. The zero-order valence-corrected chi connectivity index (χ0v) is 18.6. The number of nitrogens with zero attached hydrogens (tertiary/aromatic N) is 4. The van der Waals surface area contributed by atoms with E-state index in [4.69, 9.17) is 16.6 Å². The molecule has 166 valence electrons. The van der Waals surface area contributed by atoms with Crippen molar-refractivity contribution in [1.82, 2.24) is 24.8 Å². The van der Waals surface area contributed by atoms with Crippen LogP contribution in [0.3, 0.4) is 0 Å². The molecule has 8 heteroatoms. The molecule has 2 amide bonds. The monoisotopic (exact) mass is 451 g/mol. The quantitative estimate of drug-likeness (QED) is 0.655. The highest BCUT2D eigenvalue weighted by Crippen LogP contribution is 2.30. The van der Waals surface area contributed by atoms with E-state index >= 15 is 0 Å². The number of carbonyl (C=O) groups excluding carboxylic acids is 2. The third-order valence-corrected chi connectivity index (χ3v) is 6.99. The Bertz CT molecular complexity index is 1110. The van der Waals surface area contributed by atoms with Crippen molar-refractivity contribution in [3.63, 3.8) is 0 Å². The van der Waals surface area contributed by atoms with Crippen LogP contribution in [0.15, 0.2) is 42.7 Å². The second kappa shape index (κ2) is 8.90. The van der Waals surface area contributed by atoms with E-state index in [1.165, 1.54) is 0 Å². The Hall–Kier alpha value is -2.93. The highest BCUT2D eigenvalue weighted by atomic mass is 35.5. The largest absolute Gasteiger partial charge is 0.342 e. The molecule has 1 unspecified atom stereocenters. The molecule has 2 aromatic heterocycles. The molecule has 7 nitrogen and oxygen atoms in total. The zero-order valence-electron chi connectivity index (χ0n) is 17.8. The summed E-state index contributed by atoms with van der Waals surface area (Å²) >= 11 is 6.22. The van der Waals surface area contributed by atoms with Crippen LogP contribution in [-0.2, 0) is 4.79 Å². The molecule has 0 spiro atoms. The number of piperidine rings is 2. The van der Waals surface area contributed by atoms with Gasteiger partial charge in [-0.3, -0.25) is 14.6 Å². The first-order valence-electron chi connectivity index (χ1n) is 11.2. The Balaban J connectivity index is 1.20. The van der Waals surface area contributed by atoms with Crippen LogP contribution in [0.5, 0.6) is 0 Å². The number of hydrogen-bond donors (Lipinski definition) is 1. The molecule has 1 atom stereocenters. The maximum Gasteiger partial charge on any atom is 0.255 e. The van der Waals surface area contributed by atoms with E-state index in [1.54, 1.807) is 29.4 Å². The lowest BCUT2D eigenvalue weighted by atomic mass is 9.92. The molecule has 0 bridgehead atoms. The molecule has 2 aliphatic rings. The minimum Gasteiger partial charge on any atom is -0.342 e. The van der Waals surface area contributed by atoms with Gasteiger partial charge in [-0.1, -0.05) is 23.7 Å². The average Bonchev–Trinajstić information content (AvgIpc) is 3.28. The van der Waals surface area contributed by atoms with Crippen LogP contribution in [0.4, 0.5) is 0 Å². The van der Waals surface area contributed by atoms with Crippen LogP contribution in [0.2, 0.25) is 5.02 Å². The van der Waals surface area contributed by atoms with Crippen molar-refractivity contribution in [2.75, 3.05) is 26.2 Å². The fraction of sp³-hybridized carbons (Fsp3) is 0.417. The van der Waals surface area contributed by atoms with E-state index in [-0.39, 0.29) is 17.7 Å². The molecule has 32 heavy (non-hydrogen) atoms. The van der Waals surface area contributed by atoms with Crippen molar-refractivity contribution in [3.8, 4) is 0 Å². The standard InChI is InChI=1S/C24H26ClN5O2/c25-19-6-2-1-5-18(19)24(32)30-11-3-4-17(15-30)23(31)29-12-8-16(9-13-29)22-27-20-7-10-26-14-21(20)28-22/h1-2,5-7,10,14,16-17H,3-4,8-9,11-13,15H2,(H,27,28). The molecular formula is C24H26ClN5O2. The number of aromatic nitrogens is 3. The Morgan fingerprint density at radius 3 is 2.62 bits per heavy atom. The zero-order chi connectivity index (χ0) is 22.1. The molecule has 0 aliphatic carbocycles.